The standard InChI is InChI=1S/C18H23BrN2/c1-4-9-20-17(11-15-7-5-6-8-16(15)19)18-14(3)10-13(2)12-21-18/h5-8,10,12,17,20H,4,9,11H2,1-3H3. The van der Waals surface area contributed by atoms with Crippen LogP contribution in [0.4, 0.5) is 0 Å². The summed E-state index contributed by atoms with van der Waals surface area (Å²) in [5.74, 6) is 0. The van der Waals surface area contributed by atoms with Gasteiger partial charge < -0.3 is 5.32 Å². The molecule has 0 saturated carbocycles. The molecule has 0 aliphatic carbocycles. The van der Waals surface area contributed by atoms with Crippen LogP contribution in [0.25, 0.3) is 0 Å². The first kappa shape index (κ1) is 16.2. The van der Waals surface area contributed by atoms with Gasteiger partial charge in [-0.15, -0.1) is 0 Å². The first-order valence-electron chi connectivity index (χ1n) is 7.51. The SMILES string of the molecule is CCCNC(Cc1ccccc1Br)c1ncc(C)cc1C. The fraction of sp³-hybridized carbons (Fsp3) is 0.389. The van der Waals surface area contributed by atoms with Gasteiger partial charge in [-0.1, -0.05) is 47.1 Å². The first-order chi connectivity index (χ1) is 10.1. The zero-order valence-corrected chi connectivity index (χ0v) is 14.6. The van der Waals surface area contributed by atoms with Gasteiger partial charge in [0.05, 0.1) is 11.7 Å². The van der Waals surface area contributed by atoms with Gasteiger partial charge in [0, 0.05) is 10.7 Å². The number of aryl methyl sites for hydroxylation is 2. The lowest BCUT2D eigenvalue weighted by molar-refractivity contribution is 0.514. The molecule has 0 spiro atoms. The van der Waals surface area contributed by atoms with Crippen molar-refractivity contribution >= 4 is 15.9 Å². The van der Waals surface area contributed by atoms with Gasteiger partial charge >= 0.3 is 0 Å². The molecule has 1 N–H and O–H groups in total. The Hall–Kier alpha value is -1.19. The van der Waals surface area contributed by atoms with Gasteiger partial charge in [0.15, 0.2) is 0 Å². The van der Waals surface area contributed by atoms with E-state index in [2.05, 4.69) is 77.3 Å². The predicted octanol–water partition coefficient (Wildman–Crippen LogP) is 4.74. The maximum atomic E-state index is 4.68. The highest BCUT2D eigenvalue weighted by Crippen LogP contribution is 2.25. The van der Waals surface area contributed by atoms with E-state index in [1.54, 1.807) is 0 Å². The van der Waals surface area contributed by atoms with Crippen molar-refractivity contribution in [2.24, 2.45) is 0 Å². The third-order valence-corrected chi connectivity index (χ3v) is 4.38. The van der Waals surface area contributed by atoms with E-state index in [0.717, 1.165) is 29.6 Å². The van der Waals surface area contributed by atoms with E-state index < -0.39 is 0 Å². The van der Waals surface area contributed by atoms with Crippen LogP contribution >= 0.6 is 15.9 Å². The van der Waals surface area contributed by atoms with Gasteiger partial charge in [0.1, 0.15) is 0 Å². The van der Waals surface area contributed by atoms with Gasteiger partial charge in [-0.25, -0.2) is 0 Å². The van der Waals surface area contributed by atoms with Crippen LogP contribution in [0, 0.1) is 13.8 Å². The Kier molecular flexibility index (Phi) is 5.95. The Morgan fingerprint density at radius 3 is 2.67 bits per heavy atom. The van der Waals surface area contributed by atoms with Crippen LogP contribution in [0.15, 0.2) is 41.0 Å². The summed E-state index contributed by atoms with van der Waals surface area (Å²) in [5, 5.41) is 3.64. The van der Waals surface area contributed by atoms with E-state index in [-0.39, 0.29) is 6.04 Å². The maximum Gasteiger partial charge on any atom is 0.0605 e. The molecule has 0 fully saturated rings. The van der Waals surface area contributed by atoms with Gasteiger partial charge in [-0.2, -0.15) is 0 Å². The molecule has 0 bridgehead atoms. The van der Waals surface area contributed by atoms with Crippen LogP contribution in [-0.2, 0) is 6.42 Å². The molecule has 2 aromatic rings. The Morgan fingerprint density at radius 2 is 2.00 bits per heavy atom. The normalized spacial score (nSPS) is 12.4. The molecule has 1 aromatic carbocycles. The fourth-order valence-electron chi connectivity index (χ4n) is 2.56. The minimum absolute atomic E-state index is 0.254. The third kappa shape index (κ3) is 4.39. The zero-order chi connectivity index (χ0) is 15.2. The summed E-state index contributed by atoms with van der Waals surface area (Å²) < 4.78 is 1.16. The Bertz CT molecular complexity index is 596. The van der Waals surface area contributed by atoms with E-state index in [9.17, 15) is 0 Å². The highest BCUT2D eigenvalue weighted by atomic mass is 79.9. The number of benzene rings is 1. The summed E-state index contributed by atoms with van der Waals surface area (Å²) in [5.41, 5.74) is 4.94. The smallest absolute Gasteiger partial charge is 0.0605 e. The molecule has 3 heteroatoms. The number of nitrogens with one attached hydrogen (secondary N) is 1. The molecule has 1 atom stereocenters. The lowest BCUT2D eigenvalue weighted by Gasteiger charge is -2.21. The largest absolute Gasteiger partial charge is 0.308 e. The highest BCUT2D eigenvalue weighted by Gasteiger charge is 2.16. The molecule has 1 unspecified atom stereocenters. The van der Waals surface area contributed by atoms with Crippen molar-refractivity contribution in [3.8, 4) is 0 Å². The summed E-state index contributed by atoms with van der Waals surface area (Å²) in [6.07, 6.45) is 4.03. The zero-order valence-electron chi connectivity index (χ0n) is 13.0. The van der Waals surface area contributed by atoms with Crippen molar-refractivity contribution in [3.63, 3.8) is 0 Å². The predicted molar refractivity (Wildman–Crippen MR) is 92.6 cm³/mol. The number of nitrogens with zero attached hydrogens (tertiary/aromatic N) is 1. The van der Waals surface area contributed by atoms with Crippen molar-refractivity contribution in [1.29, 1.82) is 0 Å². The molecule has 0 aliphatic heterocycles. The lowest BCUT2D eigenvalue weighted by Crippen LogP contribution is -2.26. The molecule has 0 radical (unpaired) electrons. The molecular formula is C18H23BrN2. The summed E-state index contributed by atoms with van der Waals surface area (Å²) in [6.45, 7) is 7.43. The van der Waals surface area contributed by atoms with Crippen LogP contribution in [0.5, 0.6) is 0 Å². The van der Waals surface area contributed by atoms with E-state index >= 15 is 0 Å². The molecule has 0 aliphatic rings. The topological polar surface area (TPSA) is 24.9 Å². The van der Waals surface area contributed by atoms with Crippen LogP contribution in [0.1, 0.15) is 41.8 Å². The van der Waals surface area contributed by atoms with E-state index in [0.29, 0.717) is 0 Å². The van der Waals surface area contributed by atoms with Crippen molar-refractivity contribution in [2.45, 2.75) is 39.7 Å². The second-order valence-corrected chi connectivity index (χ2v) is 6.37. The van der Waals surface area contributed by atoms with Crippen LogP contribution in [0.3, 0.4) is 0 Å². The van der Waals surface area contributed by atoms with Crippen LogP contribution in [-0.4, -0.2) is 11.5 Å². The molecule has 112 valence electrons. The molecule has 0 amide bonds. The number of halogens is 1. The summed E-state index contributed by atoms with van der Waals surface area (Å²) in [7, 11) is 0. The molecule has 1 aromatic heterocycles. The van der Waals surface area contributed by atoms with Crippen LogP contribution < -0.4 is 5.32 Å². The average Bonchev–Trinajstić information content (AvgIpc) is 2.46. The Morgan fingerprint density at radius 1 is 1.24 bits per heavy atom. The third-order valence-electron chi connectivity index (χ3n) is 3.61. The molecular weight excluding hydrogens is 324 g/mol. The second kappa shape index (κ2) is 7.71. The van der Waals surface area contributed by atoms with Gasteiger partial charge in [-0.05, 0) is 56.0 Å². The highest BCUT2D eigenvalue weighted by molar-refractivity contribution is 9.10. The molecule has 0 saturated heterocycles. The van der Waals surface area contributed by atoms with Gasteiger partial charge in [-0.3, -0.25) is 4.98 Å². The average molecular weight is 347 g/mol. The Balaban J connectivity index is 2.27. The second-order valence-electron chi connectivity index (χ2n) is 5.52. The molecule has 2 nitrogen and oxygen atoms in total. The van der Waals surface area contributed by atoms with E-state index in [1.807, 2.05) is 6.20 Å². The lowest BCUT2D eigenvalue weighted by atomic mass is 9.99. The van der Waals surface area contributed by atoms with Gasteiger partial charge in [0.25, 0.3) is 0 Å². The first-order valence-corrected chi connectivity index (χ1v) is 8.31. The minimum atomic E-state index is 0.254. The van der Waals surface area contributed by atoms with Crippen molar-refractivity contribution in [3.05, 3.63) is 63.4 Å². The van der Waals surface area contributed by atoms with Crippen molar-refractivity contribution < 1.29 is 0 Å². The molecule has 2 rings (SSSR count). The van der Waals surface area contributed by atoms with Crippen molar-refractivity contribution in [2.75, 3.05) is 6.54 Å². The minimum Gasteiger partial charge on any atom is -0.308 e. The maximum absolute atomic E-state index is 4.68. The summed E-state index contributed by atoms with van der Waals surface area (Å²) in [6, 6.07) is 10.9. The summed E-state index contributed by atoms with van der Waals surface area (Å²) in [4.78, 5) is 4.68. The number of pyridine rings is 1. The fourth-order valence-corrected chi connectivity index (χ4v) is 3.01. The monoisotopic (exact) mass is 346 g/mol. The Labute approximate surface area is 136 Å². The number of aromatic nitrogens is 1. The van der Waals surface area contributed by atoms with Crippen LogP contribution in [0.2, 0.25) is 0 Å². The molecule has 21 heavy (non-hydrogen) atoms. The van der Waals surface area contributed by atoms with Gasteiger partial charge in [0.2, 0.25) is 0 Å². The summed E-state index contributed by atoms with van der Waals surface area (Å²) >= 11 is 3.65. The quantitative estimate of drug-likeness (QED) is 0.816. The number of hydrogen-bond acceptors (Lipinski definition) is 2. The molecule has 1 heterocycles. The van der Waals surface area contributed by atoms with E-state index in [4.69, 9.17) is 0 Å². The number of rotatable bonds is 6. The van der Waals surface area contributed by atoms with Crippen molar-refractivity contribution in [1.82, 2.24) is 10.3 Å². The van der Waals surface area contributed by atoms with E-state index in [1.165, 1.54) is 16.7 Å². The number of hydrogen-bond donors (Lipinski definition) is 1.